The minimum Gasteiger partial charge on any atom is -0.350 e. The van der Waals surface area contributed by atoms with Crippen LogP contribution in [-0.4, -0.2) is 12.2 Å². The lowest BCUT2D eigenvalue weighted by Gasteiger charge is -1.93. The number of benzene rings is 1. The van der Waals surface area contributed by atoms with Crippen LogP contribution in [0.15, 0.2) is 33.8 Å². The van der Waals surface area contributed by atoms with Gasteiger partial charge >= 0.3 is 6.03 Å². The summed E-state index contributed by atoms with van der Waals surface area (Å²) in [6.07, 6.45) is 1.51. The van der Waals surface area contributed by atoms with Crippen LogP contribution in [0.3, 0.4) is 0 Å². The predicted molar refractivity (Wildman–Crippen MR) is 54.5 cm³/mol. The van der Waals surface area contributed by atoms with Crippen molar-refractivity contribution < 1.29 is 4.79 Å². The summed E-state index contributed by atoms with van der Waals surface area (Å²) < 4.78 is 0.993. The zero-order chi connectivity index (χ0) is 9.68. The van der Waals surface area contributed by atoms with Gasteiger partial charge in [-0.05, 0) is 17.7 Å². The van der Waals surface area contributed by atoms with Gasteiger partial charge in [-0.2, -0.15) is 5.10 Å². The van der Waals surface area contributed by atoms with E-state index < -0.39 is 6.03 Å². The quantitative estimate of drug-likeness (QED) is 0.598. The van der Waals surface area contributed by atoms with Crippen molar-refractivity contribution in [3.63, 3.8) is 0 Å². The molecule has 0 radical (unpaired) electrons. The number of nitrogens with one attached hydrogen (secondary N) is 1. The van der Waals surface area contributed by atoms with Crippen LogP contribution < -0.4 is 11.2 Å². The maximum atomic E-state index is 10.2. The van der Waals surface area contributed by atoms with E-state index in [-0.39, 0.29) is 0 Å². The molecule has 3 N–H and O–H groups in total. The van der Waals surface area contributed by atoms with Gasteiger partial charge in [0, 0.05) is 4.47 Å². The molecule has 0 aliphatic heterocycles. The number of hydrogen-bond donors (Lipinski definition) is 2. The zero-order valence-electron chi connectivity index (χ0n) is 6.70. The molecule has 0 atom stereocenters. The zero-order valence-corrected chi connectivity index (χ0v) is 8.28. The van der Waals surface area contributed by atoms with Crippen molar-refractivity contribution in [2.75, 3.05) is 0 Å². The van der Waals surface area contributed by atoms with Crippen molar-refractivity contribution in [3.05, 3.63) is 34.3 Å². The summed E-state index contributed by atoms with van der Waals surface area (Å²) in [6, 6.07) is 6.80. The van der Waals surface area contributed by atoms with Crippen LogP contribution in [-0.2, 0) is 0 Å². The highest BCUT2D eigenvalue weighted by molar-refractivity contribution is 9.10. The molecular formula is C8H8BrN3O. The number of primary amides is 1. The molecule has 0 aliphatic rings. The molecule has 1 aromatic rings. The van der Waals surface area contributed by atoms with E-state index in [9.17, 15) is 4.79 Å². The Morgan fingerprint density at radius 1 is 1.46 bits per heavy atom. The number of urea groups is 1. The first-order chi connectivity index (χ1) is 6.18. The highest BCUT2D eigenvalue weighted by Crippen LogP contribution is 2.08. The van der Waals surface area contributed by atoms with Gasteiger partial charge in [0.1, 0.15) is 0 Å². The summed E-state index contributed by atoms with van der Waals surface area (Å²) in [5.74, 6) is 0. The highest BCUT2D eigenvalue weighted by Gasteiger charge is 1.88. The largest absolute Gasteiger partial charge is 0.350 e. The lowest BCUT2D eigenvalue weighted by atomic mass is 10.2. The molecule has 0 spiro atoms. The monoisotopic (exact) mass is 241 g/mol. The van der Waals surface area contributed by atoms with Gasteiger partial charge in [-0.15, -0.1) is 0 Å². The van der Waals surface area contributed by atoms with E-state index in [0.29, 0.717) is 0 Å². The van der Waals surface area contributed by atoms with Crippen LogP contribution in [0.2, 0.25) is 0 Å². The maximum absolute atomic E-state index is 10.2. The van der Waals surface area contributed by atoms with E-state index in [0.717, 1.165) is 10.0 Å². The minimum atomic E-state index is -0.673. The molecule has 0 saturated heterocycles. The van der Waals surface area contributed by atoms with E-state index in [4.69, 9.17) is 5.73 Å². The van der Waals surface area contributed by atoms with Crippen LogP contribution in [0, 0.1) is 0 Å². The number of amides is 2. The van der Waals surface area contributed by atoms with E-state index in [1.165, 1.54) is 6.21 Å². The Hall–Kier alpha value is -1.36. The molecular weight excluding hydrogens is 234 g/mol. The molecule has 0 fully saturated rings. The highest BCUT2D eigenvalue weighted by atomic mass is 79.9. The molecule has 0 heterocycles. The lowest BCUT2D eigenvalue weighted by Crippen LogP contribution is -2.24. The van der Waals surface area contributed by atoms with Crippen LogP contribution in [0.1, 0.15) is 5.56 Å². The molecule has 0 aromatic heterocycles. The molecule has 0 aliphatic carbocycles. The Morgan fingerprint density at radius 3 is 2.62 bits per heavy atom. The van der Waals surface area contributed by atoms with Crippen molar-refractivity contribution in [1.29, 1.82) is 0 Å². The Bertz CT molecular complexity index is 321. The van der Waals surface area contributed by atoms with Crippen molar-refractivity contribution in [1.82, 2.24) is 5.43 Å². The van der Waals surface area contributed by atoms with Gasteiger partial charge in [0.25, 0.3) is 0 Å². The fourth-order valence-electron chi connectivity index (χ4n) is 0.719. The molecule has 0 bridgehead atoms. The number of rotatable bonds is 2. The first kappa shape index (κ1) is 9.73. The fraction of sp³-hybridized carbons (Fsp3) is 0. The second kappa shape index (κ2) is 4.61. The van der Waals surface area contributed by atoms with E-state index in [1.54, 1.807) is 0 Å². The topological polar surface area (TPSA) is 67.5 Å². The third-order valence-corrected chi connectivity index (χ3v) is 1.79. The van der Waals surface area contributed by atoms with Crippen LogP contribution in [0.4, 0.5) is 4.79 Å². The number of nitrogens with zero attached hydrogens (tertiary/aromatic N) is 1. The second-order valence-electron chi connectivity index (χ2n) is 2.29. The Balaban J connectivity index is 2.59. The molecule has 13 heavy (non-hydrogen) atoms. The van der Waals surface area contributed by atoms with Gasteiger partial charge in [-0.25, -0.2) is 10.2 Å². The van der Waals surface area contributed by atoms with Gasteiger partial charge in [-0.3, -0.25) is 0 Å². The normalized spacial score (nSPS) is 10.2. The van der Waals surface area contributed by atoms with Crippen molar-refractivity contribution in [3.8, 4) is 0 Å². The van der Waals surface area contributed by atoms with E-state index in [2.05, 4.69) is 26.5 Å². The third-order valence-electron chi connectivity index (χ3n) is 1.26. The number of hydrogen-bond acceptors (Lipinski definition) is 2. The van der Waals surface area contributed by atoms with Crippen molar-refractivity contribution in [2.24, 2.45) is 10.8 Å². The molecule has 5 heteroatoms. The Morgan fingerprint density at radius 2 is 2.08 bits per heavy atom. The summed E-state index contributed by atoms with van der Waals surface area (Å²) in [6.45, 7) is 0. The van der Waals surface area contributed by atoms with Gasteiger partial charge in [-0.1, -0.05) is 28.1 Å². The molecule has 0 unspecified atom stereocenters. The summed E-state index contributed by atoms with van der Waals surface area (Å²) >= 11 is 3.30. The summed E-state index contributed by atoms with van der Waals surface area (Å²) in [7, 11) is 0. The van der Waals surface area contributed by atoms with Crippen molar-refractivity contribution >= 4 is 28.2 Å². The SMILES string of the molecule is NC(=O)N/N=C/c1ccc(Br)cc1. The Kier molecular flexibility index (Phi) is 3.45. The van der Waals surface area contributed by atoms with E-state index >= 15 is 0 Å². The molecule has 1 rings (SSSR count). The molecule has 4 nitrogen and oxygen atoms in total. The van der Waals surface area contributed by atoms with Gasteiger partial charge in [0.05, 0.1) is 6.21 Å². The number of nitrogens with two attached hydrogens (primary N) is 1. The third kappa shape index (κ3) is 3.71. The molecule has 2 amide bonds. The van der Waals surface area contributed by atoms with Gasteiger partial charge < -0.3 is 5.73 Å². The number of carbonyl (C=O) groups excluding carboxylic acids is 1. The van der Waals surface area contributed by atoms with Crippen molar-refractivity contribution in [2.45, 2.75) is 0 Å². The first-order valence-corrected chi connectivity index (χ1v) is 4.32. The van der Waals surface area contributed by atoms with Crippen LogP contribution in [0.5, 0.6) is 0 Å². The lowest BCUT2D eigenvalue weighted by molar-refractivity contribution is 0.249. The van der Waals surface area contributed by atoms with Crippen LogP contribution in [0.25, 0.3) is 0 Å². The summed E-state index contributed by atoms with van der Waals surface area (Å²) in [5.41, 5.74) is 7.80. The smallest absolute Gasteiger partial charge is 0.332 e. The van der Waals surface area contributed by atoms with Gasteiger partial charge in [0.15, 0.2) is 0 Å². The number of carbonyl (C=O) groups is 1. The van der Waals surface area contributed by atoms with Crippen LogP contribution >= 0.6 is 15.9 Å². The standard InChI is InChI=1S/C8H8BrN3O/c9-7-3-1-6(2-4-7)5-11-12-8(10)13/h1-5H,(H3,10,12,13)/b11-5+. The Labute approximate surface area is 83.9 Å². The summed E-state index contributed by atoms with van der Waals surface area (Å²) in [4.78, 5) is 10.2. The first-order valence-electron chi connectivity index (χ1n) is 3.52. The minimum absolute atomic E-state index is 0.673. The summed E-state index contributed by atoms with van der Waals surface area (Å²) in [5, 5.41) is 3.61. The van der Waals surface area contributed by atoms with Gasteiger partial charge in [0.2, 0.25) is 0 Å². The average Bonchev–Trinajstić information content (AvgIpc) is 2.08. The number of hydrazone groups is 1. The average molecular weight is 242 g/mol. The fourth-order valence-corrected chi connectivity index (χ4v) is 0.984. The van der Waals surface area contributed by atoms with E-state index in [1.807, 2.05) is 24.3 Å². The molecule has 0 saturated carbocycles. The molecule has 1 aromatic carbocycles. The maximum Gasteiger partial charge on any atom is 0.332 e. The predicted octanol–water partition coefficient (Wildman–Crippen LogP) is 1.45. The second-order valence-corrected chi connectivity index (χ2v) is 3.20. The molecule has 68 valence electrons. The number of halogens is 1.